The Morgan fingerprint density at radius 3 is 2.86 bits per heavy atom. The molecule has 0 aliphatic carbocycles. The summed E-state index contributed by atoms with van der Waals surface area (Å²) in [6.45, 7) is 2.42. The van der Waals surface area contributed by atoms with Gasteiger partial charge < -0.3 is 11.1 Å². The summed E-state index contributed by atoms with van der Waals surface area (Å²) in [6, 6.07) is 3.18. The highest BCUT2D eigenvalue weighted by Gasteiger charge is 2.04. The second-order valence-electron chi connectivity index (χ2n) is 2.56. The number of amides is 2. The minimum absolute atomic E-state index is 0.0129. The lowest BCUT2D eigenvalue weighted by atomic mass is 10.4. The van der Waals surface area contributed by atoms with Crippen molar-refractivity contribution >= 4 is 28.2 Å². The van der Waals surface area contributed by atoms with E-state index in [4.69, 9.17) is 11.1 Å². The van der Waals surface area contributed by atoms with E-state index < -0.39 is 0 Å². The van der Waals surface area contributed by atoms with Gasteiger partial charge in [-0.25, -0.2) is 4.79 Å². The molecule has 0 saturated heterocycles. The lowest BCUT2D eigenvalue weighted by Crippen LogP contribution is -2.27. The Hall–Kier alpha value is -1.56. The molecule has 2 amide bonds. The molecule has 0 aliphatic heterocycles. The predicted molar refractivity (Wildman–Crippen MR) is 58.0 cm³/mol. The molecule has 0 spiro atoms. The van der Waals surface area contributed by atoms with Crippen LogP contribution in [0.5, 0.6) is 0 Å². The van der Waals surface area contributed by atoms with Crippen LogP contribution in [0.15, 0.2) is 12.1 Å². The van der Waals surface area contributed by atoms with Crippen molar-refractivity contribution in [2.24, 2.45) is 5.73 Å². The fourth-order valence-corrected chi connectivity index (χ4v) is 1.63. The van der Waals surface area contributed by atoms with Gasteiger partial charge >= 0.3 is 6.03 Å². The number of urea groups is 1. The molecule has 0 unspecified atom stereocenters. The second kappa shape index (κ2) is 4.61. The summed E-state index contributed by atoms with van der Waals surface area (Å²) in [5.74, 6) is 0.0129. The Morgan fingerprint density at radius 1 is 1.64 bits per heavy atom. The maximum Gasteiger partial charge on any atom is 0.319 e. The zero-order valence-electron chi connectivity index (χ0n) is 7.76. The van der Waals surface area contributed by atoms with Gasteiger partial charge in [-0.3, -0.25) is 10.7 Å². The summed E-state index contributed by atoms with van der Waals surface area (Å²) in [4.78, 5) is 11.7. The summed E-state index contributed by atoms with van der Waals surface area (Å²) in [6.07, 6.45) is 0. The van der Waals surface area contributed by atoms with Gasteiger partial charge in [-0.15, -0.1) is 11.3 Å². The number of thiophene rings is 1. The van der Waals surface area contributed by atoms with E-state index in [1.54, 1.807) is 12.1 Å². The van der Waals surface area contributed by atoms with Gasteiger partial charge in [0.2, 0.25) is 0 Å². The summed E-state index contributed by atoms with van der Waals surface area (Å²) in [5, 5.41) is 13.1. The molecule has 1 heterocycles. The van der Waals surface area contributed by atoms with Crippen LogP contribution in [0.4, 0.5) is 9.80 Å². The first-order valence-corrected chi connectivity index (χ1v) is 4.94. The summed E-state index contributed by atoms with van der Waals surface area (Å²) >= 11 is 1.27. The monoisotopic (exact) mass is 212 g/mol. The molecular formula is C8H12N4OS. The van der Waals surface area contributed by atoms with Crippen LogP contribution in [0, 0.1) is 5.41 Å². The van der Waals surface area contributed by atoms with Gasteiger partial charge in [-0.2, -0.15) is 0 Å². The number of anilines is 1. The number of nitrogen functional groups attached to an aromatic ring is 1. The number of nitrogens with one attached hydrogen (secondary N) is 3. The maximum absolute atomic E-state index is 11.1. The average Bonchev–Trinajstić information content (AvgIpc) is 2.53. The van der Waals surface area contributed by atoms with Crippen molar-refractivity contribution in [2.75, 3.05) is 11.9 Å². The molecule has 0 saturated carbocycles. The second-order valence-corrected chi connectivity index (χ2v) is 3.65. The molecular weight excluding hydrogens is 200 g/mol. The first-order chi connectivity index (χ1) is 6.63. The van der Waals surface area contributed by atoms with Crippen LogP contribution in [0.3, 0.4) is 0 Å². The van der Waals surface area contributed by atoms with Crippen molar-refractivity contribution < 1.29 is 4.79 Å². The Labute approximate surface area is 85.8 Å². The Morgan fingerprint density at radius 2 is 2.36 bits per heavy atom. The third kappa shape index (κ3) is 2.74. The number of amidine groups is 1. The number of hydrogen-bond acceptors (Lipinski definition) is 3. The molecule has 76 valence electrons. The van der Waals surface area contributed by atoms with Gasteiger partial charge in [0.25, 0.3) is 0 Å². The number of carbonyl (C=O) groups excluding carboxylic acids is 1. The third-order valence-electron chi connectivity index (χ3n) is 1.45. The largest absolute Gasteiger partial charge is 0.383 e. The van der Waals surface area contributed by atoms with Crippen LogP contribution < -0.4 is 16.4 Å². The lowest BCUT2D eigenvalue weighted by molar-refractivity contribution is 0.252. The fourth-order valence-electron chi connectivity index (χ4n) is 0.866. The van der Waals surface area contributed by atoms with Crippen molar-refractivity contribution in [2.45, 2.75) is 6.92 Å². The van der Waals surface area contributed by atoms with Crippen LogP contribution in [-0.4, -0.2) is 18.4 Å². The molecule has 1 rings (SSSR count). The highest BCUT2D eigenvalue weighted by Crippen LogP contribution is 2.20. The van der Waals surface area contributed by atoms with E-state index in [1.165, 1.54) is 11.3 Å². The third-order valence-corrected chi connectivity index (χ3v) is 2.48. The topological polar surface area (TPSA) is 91.0 Å². The summed E-state index contributed by atoms with van der Waals surface area (Å²) < 4.78 is 0. The van der Waals surface area contributed by atoms with Gasteiger partial charge in [-0.05, 0) is 19.1 Å². The Bertz CT molecular complexity index is 347. The van der Waals surface area contributed by atoms with Crippen molar-refractivity contribution in [1.29, 1.82) is 5.41 Å². The smallest absolute Gasteiger partial charge is 0.319 e. The Balaban J connectivity index is 2.59. The molecule has 0 atom stereocenters. The molecule has 6 heteroatoms. The summed E-state index contributed by atoms with van der Waals surface area (Å²) in [5.41, 5.74) is 5.28. The van der Waals surface area contributed by atoms with Crippen LogP contribution in [0.2, 0.25) is 0 Å². The first kappa shape index (κ1) is 10.5. The maximum atomic E-state index is 11.1. The lowest BCUT2D eigenvalue weighted by Gasteiger charge is -2.01. The van der Waals surface area contributed by atoms with E-state index in [1.807, 2.05) is 6.92 Å². The fraction of sp³-hybridized carbons (Fsp3) is 0.250. The highest BCUT2D eigenvalue weighted by molar-refractivity contribution is 7.18. The molecule has 0 aliphatic rings. The first-order valence-electron chi connectivity index (χ1n) is 4.12. The molecule has 5 N–H and O–H groups in total. The van der Waals surface area contributed by atoms with Gasteiger partial charge in [0.1, 0.15) is 5.84 Å². The van der Waals surface area contributed by atoms with Gasteiger partial charge in [-0.1, -0.05) is 0 Å². The molecule has 1 aromatic rings. The summed E-state index contributed by atoms with van der Waals surface area (Å²) in [7, 11) is 0. The standard InChI is InChI=1S/C8H12N4OS/c1-2-11-8(13)12-6-4-3-5(14-6)7(9)10/h3-4H,2H2,1H3,(H3,9,10)(H2,11,12,13). The minimum Gasteiger partial charge on any atom is -0.383 e. The van der Waals surface area contributed by atoms with Crippen LogP contribution in [0.1, 0.15) is 11.8 Å². The quantitative estimate of drug-likeness (QED) is 0.447. The molecule has 0 radical (unpaired) electrons. The average molecular weight is 212 g/mol. The van der Waals surface area contributed by atoms with Crippen molar-refractivity contribution in [3.05, 3.63) is 17.0 Å². The molecule has 0 fully saturated rings. The van der Waals surface area contributed by atoms with E-state index in [0.29, 0.717) is 16.4 Å². The van der Waals surface area contributed by atoms with Crippen molar-refractivity contribution in [1.82, 2.24) is 5.32 Å². The van der Waals surface area contributed by atoms with Crippen LogP contribution in [-0.2, 0) is 0 Å². The number of hydrogen-bond donors (Lipinski definition) is 4. The highest BCUT2D eigenvalue weighted by atomic mass is 32.1. The minimum atomic E-state index is -0.246. The van der Waals surface area contributed by atoms with E-state index in [0.717, 1.165) is 0 Å². The molecule has 14 heavy (non-hydrogen) atoms. The van der Waals surface area contributed by atoms with Crippen molar-refractivity contribution in [3.63, 3.8) is 0 Å². The van der Waals surface area contributed by atoms with E-state index in [2.05, 4.69) is 10.6 Å². The van der Waals surface area contributed by atoms with E-state index in [-0.39, 0.29) is 11.9 Å². The number of carbonyl (C=O) groups is 1. The molecule has 5 nitrogen and oxygen atoms in total. The van der Waals surface area contributed by atoms with Gasteiger partial charge in [0, 0.05) is 6.54 Å². The van der Waals surface area contributed by atoms with Crippen LogP contribution in [0.25, 0.3) is 0 Å². The zero-order valence-corrected chi connectivity index (χ0v) is 8.57. The predicted octanol–water partition coefficient (Wildman–Crippen LogP) is 1.17. The van der Waals surface area contributed by atoms with Crippen molar-refractivity contribution in [3.8, 4) is 0 Å². The molecule has 1 aromatic heterocycles. The van der Waals surface area contributed by atoms with E-state index in [9.17, 15) is 4.79 Å². The van der Waals surface area contributed by atoms with Crippen LogP contribution >= 0.6 is 11.3 Å². The number of rotatable bonds is 3. The molecule has 0 bridgehead atoms. The van der Waals surface area contributed by atoms with Gasteiger partial charge in [0.15, 0.2) is 0 Å². The number of nitrogens with two attached hydrogens (primary N) is 1. The molecule has 0 aromatic carbocycles. The SMILES string of the molecule is CCNC(=O)Nc1ccc(C(=N)N)s1. The Kier molecular flexibility index (Phi) is 3.47. The normalized spacial score (nSPS) is 9.50. The van der Waals surface area contributed by atoms with E-state index >= 15 is 0 Å². The van der Waals surface area contributed by atoms with Gasteiger partial charge in [0.05, 0.1) is 9.88 Å². The zero-order chi connectivity index (χ0) is 10.6.